The SMILES string of the molecule is CCCC(=O)N1C(CCc2ccccc2)N(c2ccc(CC(NC(=O)C3(CCNC(C)=O)CCCC3)C(=O)O)cc2)C(=O)[C@H]1Cc1ccc(OC)cc1. The van der Waals surface area contributed by atoms with Gasteiger partial charge in [-0.1, -0.05) is 74.4 Å². The lowest BCUT2D eigenvalue weighted by atomic mass is 9.81. The zero-order valence-corrected chi connectivity index (χ0v) is 31.0. The van der Waals surface area contributed by atoms with Crippen molar-refractivity contribution < 1.29 is 33.8 Å². The highest BCUT2D eigenvalue weighted by Crippen LogP contribution is 2.41. The maximum Gasteiger partial charge on any atom is 0.326 e. The molecule has 3 aromatic carbocycles. The van der Waals surface area contributed by atoms with Crippen LogP contribution < -0.4 is 20.3 Å². The third kappa shape index (κ3) is 9.63. The van der Waals surface area contributed by atoms with Crippen LogP contribution in [0.4, 0.5) is 5.69 Å². The van der Waals surface area contributed by atoms with Crippen molar-refractivity contribution in [1.82, 2.24) is 15.5 Å². The number of hydrogen-bond acceptors (Lipinski definition) is 6. The molecule has 2 aliphatic rings. The number of aryl methyl sites for hydroxylation is 1. The molecule has 1 aliphatic heterocycles. The van der Waals surface area contributed by atoms with Gasteiger partial charge >= 0.3 is 5.97 Å². The van der Waals surface area contributed by atoms with Crippen LogP contribution in [0.2, 0.25) is 0 Å². The van der Waals surface area contributed by atoms with E-state index in [9.17, 15) is 29.1 Å². The second-order valence-corrected chi connectivity index (χ2v) is 14.3. The molecule has 1 saturated carbocycles. The zero-order chi connectivity index (χ0) is 38.0. The lowest BCUT2D eigenvalue weighted by molar-refractivity contribution is -0.144. The first-order valence-corrected chi connectivity index (χ1v) is 18.7. The van der Waals surface area contributed by atoms with Crippen LogP contribution in [0.3, 0.4) is 0 Å². The van der Waals surface area contributed by atoms with E-state index in [1.54, 1.807) is 41.2 Å². The van der Waals surface area contributed by atoms with Crippen LogP contribution in [0.15, 0.2) is 78.9 Å². The Kier molecular flexibility index (Phi) is 13.3. The van der Waals surface area contributed by atoms with Crippen LogP contribution in [0.1, 0.15) is 81.9 Å². The molecule has 0 radical (unpaired) electrons. The molecule has 2 unspecified atom stereocenters. The van der Waals surface area contributed by atoms with Crippen molar-refractivity contribution in [3.8, 4) is 5.75 Å². The van der Waals surface area contributed by atoms with E-state index in [1.165, 1.54) is 6.92 Å². The average Bonchev–Trinajstić information content (AvgIpc) is 3.74. The summed E-state index contributed by atoms with van der Waals surface area (Å²) in [5.74, 6) is -1.15. The molecule has 0 aromatic heterocycles. The van der Waals surface area contributed by atoms with Crippen LogP contribution in [0, 0.1) is 5.41 Å². The summed E-state index contributed by atoms with van der Waals surface area (Å²) < 4.78 is 5.33. The van der Waals surface area contributed by atoms with E-state index in [2.05, 4.69) is 10.6 Å². The molecule has 0 bridgehead atoms. The molecule has 0 spiro atoms. The fourth-order valence-electron chi connectivity index (χ4n) is 7.78. The van der Waals surface area contributed by atoms with Gasteiger partial charge in [-0.2, -0.15) is 0 Å². The molecule has 5 rings (SSSR count). The first kappa shape index (κ1) is 39.0. The number of hydrogen-bond donors (Lipinski definition) is 3. The van der Waals surface area contributed by atoms with Gasteiger partial charge in [0.25, 0.3) is 5.91 Å². The predicted octanol–water partition coefficient (Wildman–Crippen LogP) is 5.44. The van der Waals surface area contributed by atoms with Gasteiger partial charge in [0.15, 0.2) is 0 Å². The minimum Gasteiger partial charge on any atom is -0.497 e. The van der Waals surface area contributed by atoms with Crippen LogP contribution >= 0.6 is 0 Å². The molecule has 3 N–H and O–H groups in total. The third-order valence-corrected chi connectivity index (χ3v) is 10.6. The number of carboxylic acid groups (broad SMARTS) is 1. The number of carboxylic acids is 1. The number of nitrogens with zero attached hydrogens (tertiary/aromatic N) is 2. The summed E-state index contributed by atoms with van der Waals surface area (Å²) in [4.78, 5) is 69.3. The van der Waals surface area contributed by atoms with Gasteiger partial charge in [0, 0.05) is 38.4 Å². The molecular formula is C42H52N4O7. The van der Waals surface area contributed by atoms with E-state index in [-0.39, 0.29) is 30.0 Å². The number of methoxy groups -OCH3 is 1. The van der Waals surface area contributed by atoms with Gasteiger partial charge in [-0.05, 0) is 79.5 Å². The highest BCUT2D eigenvalue weighted by Gasteiger charge is 2.48. The number of nitrogens with one attached hydrogen (secondary N) is 2. The van der Waals surface area contributed by atoms with Gasteiger partial charge in [0.2, 0.25) is 17.7 Å². The quantitative estimate of drug-likeness (QED) is 0.168. The minimum absolute atomic E-state index is 0.0513. The Morgan fingerprint density at radius 1 is 0.925 bits per heavy atom. The first-order valence-electron chi connectivity index (χ1n) is 18.7. The van der Waals surface area contributed by atoms with Crippen molar-refractivity contribution in [2.24, 2.45) is 5.41 Å². The Morgan fingerprint density at radius 2 is 1.58 bits per heavy atom. The molecule has 1 saturated heterocycles. The van der Waals surface area contributed by atoms with Crippen LogP contribution in [0.25, 0.3) is 0 Å². The number of carbonyl (C=O) groups excluding carboxylic acids is 4. The number of rotatable bonds is 17. The van der Waals surface area contributed by atoms with Crippen molar-refractivity contribution in [3.63, 3.8) is 0 Å². The van der Waals surface area contributed by atoms with Crippen molar-refractivity contribution >= 4 is 35.3 Å². The lowest BCUT2D eigenvalue weighted by Crippen LogP contribution is -2.49. The Hall–Kier alpha value is -5.19. The summed E-state index contributed by atoms with van der Waals surface area (Å²) in [6, 6.07) is 22.8. The predicted molar refractivity (Wildman–Crippen MR) is 202 cm³/mol. The third-order valence-electron chi connectivity index (χ3n) is 10.6. The molecule has 53 heavy (non-hydrogen) atoms. The smallest absolute Gasteiger partial charge is 0.326 e. The molecule has 282 valence electrons. The fourth-order valence-corrected chi connectivity index (χ4v) is 7.78. The van der Waals surface area contributed by atoms with Gasteiger partial charge in [-0.25, -0.2) is 4.79 Å². The Bertz CT molecular complexity index is 1720. The topological polar surface area (TPSA) is 145 Å². The second kappa shape index (κ2) is 18.0. The number of carbonyl (C=O) groups is 5. The number of amides is 4. The van der Waals surface area contributed by atoms with E-state index in [0.717, 1.165) is 24.0 Å². The summed E-state index contributed by atoms with van der Waals surface area (Å²) in [6.07, 6.45) is 5.51. The number of anilines is 1. The van der Waals surface area contributed by atoms with Gasteiger partial charge < -0.3 is 25.4 Å². The number of benzene rings is 3. The van der Waals surface area contributed by atoms with Crippen molar-refractivity contribution in [1.29, 1.82) is 0 Å². The molecule has 1 aliphatic carbocycles. The van der Waals surface area contributed by atoms with Gasteiger partial charge in [0.1, 0.15) is 24.0 Å². The highest BCUT2D eigenvalue weighted by molar-refractivity contribution is 6.03. The highest BCUT2D eigenvalue weighted by atomic mass is 16.5. The largest absolute Gasteiger partial charge is 0.497 e. The lowest BCUT2D eigenvalue weighted by Gasteiger charge is -2.32. The summed E-state index contributed by atoms with van der Waals surface area (Å²) >= 11 is 0. The summed E-state index contributed by atoms with van der Waals surface area (Å²) in [5, 5.41) is 15.7. The Balaban J connectivity index is 1.39. The normalized spacial score (nSPS) is 18.4. The number of ether oxygens (including phenoxy) is 1. The first-order chi connectivity index (χ1) is 25.5. The second-order valence-electron chi connectivity index (χ2n) is 14.3. The Labute approximate surface area is 312 Å². The fraction of sp³-hybridized carbons (Fsp3) is 0.452. The van der Waals surface area contributed by atoms with Gasteiger partial charge in [-0.15, -0.1) is 0 Å². The van der Waals surface area contributed by atoms with Gasteiger partial charge in [0.05, 0.1) is 12.5 Å². The molecule has 3 aromatic rings. The molecular weight excluding hydrogens is 672 g/mol. The van der Waals surface area contributed by atoms with Crippen LogP contribution in [0.5, 0.6) is 5.75 Å². The zero-order valence-electron chi connectivity index (χ0n) is 31.0. The van der Waals surface area contributed by atoms with Crippen molar-refractivity contribution in [3.05, 3.63) is 95.6 Å². The van der Waals surface area contributed by atoms with E-state index in [1.807, 2.05) is 61.5 Å². The summed E-state index contributed by atoms with van der Waals surface area (Å²) in [6.45, 7) is 3.74. The maximum atomic E-state index is 14.5. The maximum absolute atomic E-state index is 14.5. The standard InChI is InChI=1S/C42H52N4O7/c1-4-10-38(48)46-36(28-32-15-20-34(53-3)21-16-32)39(49)45(37(46)22-17-30-11-6-5-7-12-30)33-18-13-31(14-19-33)27-35(40(50)51)44-41(52)42(23-8-9-24-42)25-26-43-29(2)47/h5-7,11-16,18-21,35-37H,4,8-10,17,22-28H2,1-3H3,(H,43,47)(H,44,52)(H,50,51)/t35?,36-,37?/m1/s1. The van der Waals surface area contributed by atoms with Crippen LogP contribution in [-0.2, 0) is 43.2 Å². The van der Waals surface area contributed by atoms with E-state index >= 15 is 0 Å². The molecule has 3 atom stereocenters. The Morgan fingerprint density at radius 3 is 2.19 bits per heavy atom. The van der Waals surface area contributed by atoms with Gasteiger partial charge in [-0.3, -0.25) is 24.1 Å². The van der Waals surface area contributed by atoms with E-state index in [0.29, 0.717) is 74.9 Å². The minimum atomic E-state index is -1.16. The molecule has 11 heteroatoms. The van der Waals surface area contributed by atoms with Crippen LogP contribution in [-0.4, -0.2) is 71.5 Å². The number of aliphatic carboxylic acids is 1. The monoisotopic (exact) mass is 724 g/mol. The molecule has 2 fully saturated rings. The summed E-state index contributed by atoms with van der Waals surface area (Å²) in [7, 11) is 1.60. The van der Waals surface area contributed by atoms with Crippen molar-refractivity contribution in [2.75, 3.05) is 18.6 Å². The van der Waals surface area contributed by atoms with E-state index < -0.39 is 29.6 Å². The summed E-state index contributed by atoms with van der Waals surface area (Å²) in [5.41, 5.74) is 2.60. The molecule has 11 nitrogen and oxygen atoms in total. The van der Waals surface area contributed by atoms with E-state index in [4.69, 9.17) is 4.74 Å². The van der Waals surface area contributed by atoms with Crippen molar-refractivity contribution in [2.45, 2.75) is 103 Å². The molecule has 1 heterocycles. The average molecular weight is 725 g/mol. The molecule has 4 amide bonds.